The van der Waals surface area contributed by atoms with Crippen molar-refractivity contribution in [2.24, 2.45) is 0 Å². The second kappa shape index (κ2) is 5.60. The van der Waals surface area contributed by atoms with Gasteiger partial charge >= 0.3 is 0 Å². The molecule has 2 nitrogen and oxygen atoms in total. The SMILES string of the molecule is OCc1cccc(OCc2cccc(F)c2F)c1. The van der Waals surface area contributed by atoms with Crippen molar-refractivity contribution in [2.45, 2.75) is 13.2 Å². The molecule has 1 N–H and O–H groups in total. The molecule has 0 amide bonds. The zero-order valence-corrected chi connectivity index (χ0v) is 9.57. The molecule has 94 valence electrons. The lowest BCUT2D eigenvalue weighted by molar-refractivity contribution is 0.276. The first kappa shape index (κ1) is 12.5. The summed E-state index contributed by atoms with van der Waals surface area (Å²) in [4.78, 5) is 0. The highest BCUT2D eigenvalue weighted by atomic mass is 19.2. The highest BCUT2D eigenvalue weighted by molar-refractivity contribution is 5.28. The molecule has 0 aliphatic carbocycles. The molecule has 0 saturated carbocycles. The summed E-state index contributed by atoms with van der Waals surface area (Å²) in [6.07, 6.45) is 0. The minimum absolute atomic E-state index is 0.0571. The fourth-order valence-electron chi connectivity index (χ4n) is 1.55. The second-order valence-electron chi connectivity index (χ2n) is 3.81. The van der Waals surface area contributed by atoms with Crippen LogP contribution in [0.15, 0.2) is 42.5 Å². The van der Waals surface area contributed by atoms with Crippen LogP contribution in [0.25, 0.3) is 0 Å². The van der Waals surface area contributed by atoms with E-state index in [1.807, 2.05) is 0 Å². The van der Waals surface area contributed by atoms with Crippen molar-refractivity contribution in [1.82, 2.24) is 0 Å². The fraction of sp³-hybridized carbons (Fsp3) is 0.143. The molecule has 0 spiro atoms. The van der Waals surface area contributed by atoms with E-state index < -0.39 is 11.6 Å². The van der Waals surface area contributed by atoms with Gasteiger partial charge in [0.2, 0.25) is 0 Å². The monoisotopic (exact) mass is 250 g/mol. The molecule has 0 unspecified atom stereocenters. The van der Waals surface area contributed by atoms with Crippen molar-refractivity contribution in [3.63, 3.8) is 0 Å². The third-order valence-corrected chi connectivity index (χ3v) is 2.51. The normalized spacial score (nSPS) is 10.4. The van der Waals surface area contributed by atoms with Crippen molar-refractivity contribution in [3.8, 4) is 5.75 Å². The summed E-state index contributed by atoms with van der Waals surface area (Å²) in [6.45, 7) is -0.149. The lowest BCUT2D eigenvalue weighted by atomic mass is 10.2. The Hall–Kier alpha value is -1.94. The smallest absolute Gasteiger partial charge is 0.165 e. The maximum absolute atomic E-state index is 13.4. The van der Waals surface area contributed by atoms with Gasteiger partial charge < -0.3 is 9.84 Å². The van der Waals surface area contributed by atoms with E-state index in [4.69, 9.17) is 9.84 Å². The molecule has 0 aliphatic heterocycles. The van der Waals surface area contributed by atoms with Crippen LogP contribution in [-0.4, -0.2) is 5.11 Å². The third kappa shape index (κ3) is 2.84. The first-order valence-corrected chi connectivity index (χ1v) is 5.46. The maximum Gasteiger partial charge on any atom is 0.165 e. The number of hydrogen-bond donors (Lipinski definition) is 1. The Morgan fingerprint density at radius 3 is 2.61 bits per heavy atom. The number of aliphatic hydroxyl groups is 1. The second-order valence-corrected chi connectivity index (χ2v) is 3.81. The van der Waals surface area contributed by atoms with Gasteiger partial charge in [-0.05, 0) is 23.8 Å². The highest BCUT2D eigenvalue weighted by Crippen LogP contribution is 2.17. The quantitative estimate of drug-likeness (QED) is 0.903. The fourth-order valence-corrected chi connectivity index (χ4v) is 1.55. The van der Waals surface area contributed by atoms with Crippen LogP contribution >= 0.6 is 0 Å². The summed E-state index contributed by atoms with van der Waals surface area (Å²) in [5, 5.41) is 8.96. The number of halogens is 2. The molecule has 2 aromatic carbocycles. The summed E-state index contributed by atoms with van der Waals surface area (Å²) in [5.41, 5.74) is 0.858. The van der Waals surface area contributed by atoms with Crippen LogP contribution in [0.3, 0.4) is 0 Å². The number of ether oxygens (including phenoxy) is 1. The molecule has 0 heterocycles. The molecular weight excluding hydrogens is 238 g/mol. The summed E-state index contributed by atoms with van der Waals surface area (Å²) in [7, 11) is 0. The number of hydrogen-bond acceptors (Lipinski definition) is 2. The Morgan fingerprint density at radius 2 is 1.83 bits per heavy atom. The summed E-state index contributed by atoms with van der Waals surface area (Å²) >= 11 is 0. The van der Waals surface area contributed by atoms with Crippen molar-refractivity contribution in [3.05, 3.63) is 65.2 Å². The van der Waals surface area contributed by atoms with Crippen LogP contribution in [0, 0.1) is 11.6 Å². The average molecular weight is 250 g/mol. The van der Waals surface area contributed by atoms with E-state index in [9.17, 15) is 8.78 Å². The van der Waals surface area contributed by atoms with E-state index in [0.29, 0.717) is 11.3 Å². The molecule has 2 rings (SSSR count). The molecule has 0 fully saturated rings. The van der Waals surface area contributed by atoms with Crippen LogP contribution in [0.4, 0.5) is 8.78 Å². The maximum atomic E-state index is 13.4. The van der Waals surface area contributed by atoms with Gasteiger partial charge in [-0.3, -0.25) is 0 Å². The molecule has 0 aromatic heterocycles. The average Bonchev–Trinajstić information content (AvgIpc) is 2.41. The van der Waals surface area contributed by atoms with Gasteiger partial charge in [0.15, 0.2) is 11.6 Å². The summed E-state index contributed by atoms with van der Waals surface area (Å²) in [6, 6.07) is 10.8. The van der Waals surface area contributed by atoms with Gasteiger partial charge in [-0.25, -0.2) is 8.78 Å². The number of benzene rings is 2. The lowest BCUT2D eigenvalue weighted by Gasteiger charge is -2.08. The lowest BCUT2D eigenvalue weighted by Crippen LogP contribution is -2.00. The van der Waals surface area contributed by atoms with Crippen LogP contribution < -0.4 is 4.74 Å². The van der Waals surface area contributed by atoms with Crippen molar-refractivity contribution in [2.75, 3.05) is 0 Å². The van der Waals surface area contributed by atoms with Crippen LogP contribution in [0.2, 0.25) is 0 Å². The zero-order chi connectivity index (χ0) is 13.0. The van der Waals surface area contributed by atoms with Crippen molar-refractivity contribution >= 4 is 0 Å². The molecular formula is C14H12F2O2. The van der Waals surface area contributed by atoms with Gasteiger partial charge in [0.05, 0.1) is 6.61 Å². The first-order chi connectivity index (χ1) is 8.70. The van der Waals surface area contributed by atoms with Gasteiger partial charge in [-0.1, -0.05) is 24.3 Å². The molecule has 0 radical (unpaired) electrons. The molecule has 2 aromatic rings. The van der Waals surface area contributed by atoms with E-state index >= 15 is 0 Å². The third-order valence-electron chi connectivity index (χ3n) is 2.51. The van der Waals surface area contributed by atoms with Crippen molar-refractivity contribution < 1.29 is 18.6 Å². The molecule has 0 aliphatic rings. The predicted octanol–water partition coefficient (Wildman–Crippen LogP) is 3.04. The molecule has 18 heavy (non-hydrogen) atoms. The summed E-state index contributed by atoms with van der Waals surface area (Å²) in [5.74, 6) is -1.28. The Morgan fingerprint density at radius 1 is 1.06 bits per heavy atom. The van der Waals surface area contributed by atoms with E-state index in [1.165, 1.54) is 12.1 Å². The Balaban J connectivity index is 2.09. The van der Waals surface area contributed by atoms with E-state index in [0.717, 1.165) is 6.07 Å². The van der Waals surface area contributed by atoms with Gasteiger partial charge in [-0.15, -0.1) is 0 Å². The van der Waals surface area contributed by atoms with Gasteiger partial charge in [0.25, 0.3) is 0 Å². The minimum atomic E-state index is -0.893. The van der Waals surface area contributed by atoms with Crippen molar-refractivity contribution in [1.29, 1.82) is 0 Å². The predicted molar refractivity (Wildman–Crippen MR) is 63.1 cm³/mol. The van der Waals surface area contributed by atoms with Crippen LogP contribution in [0.1, 0.15) is 11.1 Å². The van der Waals surface area contributed by atoms with Gasteiger partial charge in [0, 0.05) is 5.56 Å². The van der Waals surface area contributed by atoms with E-state index in [2.05, 4.69) is 0 Å². The topological polar surface area (TPSA) is 29.5 Å². The van der Waals surface area contributed by atoms with Crippen LogP contribution in [0.5, 0.6) is 5.75 Å². The summed E-state index contributed by atoms with van der Waals surface area (Å²) < 4.78 is 31.7. The Bertz CT molecular complexity index is 541. The van der Waals surface area contributed by atoms with E-state index in [-0.39, 0.29) is 18.8 Å². The minimum Gasteiger partial charge on any atom is -0.489 e. The van der Waals surface area contributed by atoms with Gasteiger partial charge in [-0.2, -0.15) is 0 Å². The highest BCUT2D eigenvalue weighted by Gasteiger charge is 2.08. The van der Waals surface area contributed by atoms with Crippen LogP contribution in [-0.2, 0) is 13.2 Å². The molecule has 0 bridgehead atoms. The van der Waals surface area contributed by atoms with E-state index in [1.54, 1.807) is 24.3 Å². The first-order valence-electron chi connectivity index (χ1n) is 5.46. The largest absolute Gasteiger partial charge is 0.489 e. The Kier molecular flexibility index (Phi) is 3.89. The number of rotatable bonds is 4. The molecule has 0 saturated heterocycles. The molecule has 4 heteroatoms. The molecule has 0 atom stereocenters. The zero-order valence-electron chi connectivity index (χ0n) is 9.57. The Labute approximate surface area is 103 Å². The number of aliphatic hydroxyl groups excluding tert-OH is 1. The van der Waals surface area contributed by atoms with Gasteiger partial charge in [0.1, 0.15) is 12.4 Å². The standard InChI is InChI=1S/C14H12F2O2/c15-13-6-2-4-11(14(13)16)9-18-12-5-1-3-10(7-12)8-17/h1-7,17H,8-9H2.